The van der Waals surface area contributed by atoms with Gasteiger partial charge in [-0.3, -0.25) is 0 Å². The zero-order valence-corrected chi connectivity index (χ0v) is 9.27. The quantitative estimate of drug-likeness (QED) is 0.827. The molecular weight excluding hydrogens is 209 g/mol. The third kappa shape index (κ3) is 2.08. The fraction of sp³-hybridized carbons (Fsp3) is 0.167. The molecule has 15 heavy (non-hydrogen) atoms. The first-order valence-electron chi connectivity index (χ1n) is 4.76. The third-order valence-electron chi connectivity index (χ3n) is 2.32. The van der Waals surface area contributed by atoms with Crippen molar-refractivity contribution >= 4 is 11.3 Å². The van der Waals surface area contributed by atoms with Crippen molar-refractivity contribution in [2.45, 2.75) is 13.5 Å². The maximum atomic E-state index is 12.9. The van der Waals surface area contributed by atoms with Crippen LogP contribution >= 0.6 is 11.3 Å². The highest BCUT2D eigenvalue weighted by molar-refractivity contribution is 7.15. The maximum Gasteiger partial charge on any atom is 0.123 e. The molecule has 0 saturated heterocycles. The molecule has 0 amide bonds. The number of thiophene rings is 1. The van der Waals surface area contributed by atoms with E-state index in [-0.39, 0.29) is 5.82 Å². The van der Waals surface area contributed by atoms with Gasteiger partial charge in [-0.15, -0.1) is 11.3 Å². The van der Waals surface area contributed by atoms with E-state index in [1.165, 1.54) is 6.07 Å². The molecule has 78 valence electrons. The van der Waals surface area contributed by atoms with Crippen molar-refractivity contribution in [3.63, 3.8) is 0 Å². The Morgan fingerprint density at radius 2 is 2.07 bits per heavy atom. The number of rotatable bonds is 2. The van der Waals surface area contributed by atoms with Crippen LogP contribution in [0.25, 0.3) is 10.4 Å². The van der Waals surface area contributed by atoms with Crippen molar-refractivity contribution in [3.05, 3.63) is 46.6 Å². The van der Waals surface area contributed by atoms with Gasteiger partial charge in [-0.05, 0) is 42.3 Å². The summed E-state index contributed by atoms with van der Waals surface area (Å²) in [5.41, 5.74) is 7.60. The Morgan fingerprint density at radius 3 is 2.67 bits per heavy atom. The van der Waals surface area contributed by atoms with Crippen molar-refractivity contribution in [3.8, 4) is 10.4 Å². The molecule has 0 aliphatic carbocycles. The summed E-state index contributed by atoms with van der Waals surface area (Å²) < 4.78 is 12.9. The number of nitrogens with two attached hydrogens (primary N) is 1. The Bertz CT molecular complexity index is 476. The fourth-order valence-corrected chi connectivity index (χ4v) is 2.51. The summed E-state index contributed by atoms with van der Waals surface area (Å²) in [6.07, 6.45) is 0. The minimum absolute atomic E-state index is 0.188. The van der Waals surface area contributed by atoms with E-state index in [4.69, 9.17) is 5.73 Å². The van der Waals surface area contributed by atoms with Gasteiger partial charge >= 0.3 is 0 Å². The third-order valence-corrected chi connectivity index (χ3v) is 3.46. The molecule has 0 bridgehead atoms. The molecule has 0 aliphatic heterocycles. The van der Waals surface area contributed by atoms with Crippen molar-refractivity contribution in [1.29, 1.82) is 0 Å². The lowest BCUT2D eigenvalue weighted by Crippen LogP contribution is -1.91. The monoisotopic (exact) mass is 221 g/mol. The van der Waals surface area contributed by atoms with Crippen LogP contribution in [0.2, 0.25) is 0 Å². The summed E-state index contributed by atoms with van der Waals surface area (Å²) in [6, 6.07) is 8.91. The second-order valence-electron chi connectivity index (χ2n) is 3.43. The lowest BCUT2D eigenvalue weighted by Gasteiger charge is -2.02. The summed E-state index contributed by atoms with van der Waals surface area (Å²) in [5, 5.41) is 0. The van der Waals surface area contributed by atoms with E-state index in [9.17, 15) is 4.39 Å². The van der Waals surface area contributed by atoms with Gasteiger partial charge in [0.25, 0.3) is 0 Å². The van der Waals surface area contributed by atoms with Crippen molar-refractivity contribution < 1.29 is 4.39 Å². The summed E-state index contributed by atoms with van der Waals surface area (Å²) >= 11 is 1.66. The molecule has 0 radical (unpaired) electrons. The standard InChI is InChI=1S/C12H12FNS/c1-8-6-9(13)2-4-11(8)12-5-3-10(7-14)15-12/h2-6H,7,14H2,1H3. The summed E-state index contributed by atoms with van der Waals surface area (Å²) in [5.74, 6) is -0.188. The molecule has 2 aromatic rings. The van der Waals surface area contributed by atoms with Crippen LogP contribution < -0.4 is 5.73 Å². The lowest BCUT2D eigenvalue weighted by molar-refractivity contribution is 0.627. The predicted octanol–water partition coefficient (Wildman–Crippen LogP) is 3.32. The van der Waals surface area contributed by atoms with Crippen LogP contribution in [0.15, 0.2) is 30.3 Å². The summed E-state index contributed by atoms with van der Waals surface area (Å²) in [6.45, 7) is 2.48. The van der Waals surface area contributed by atoms with Crippen LogP contribution in [0.1, 0.15) is 10.4 Å². The minimum atomic E-state index is -0.188. The molecule has 0 unspecified atom stereocenters. The van der Waals surface area contributed by atoms with Gasteiger partial charge < -0.3 is 5.73 Å². The Hall–Kier alpha value is -1.19. The van der Waals surface area contributed by atoms with Gasteiger partial charge in [0.1, 0.15) is 5.82 Å². The van der Waals surface area contributed by atoms with Gasteiger partial charge in [-0.2, -0.15) is 0 Å². The first-order chi connectivity index (χ1) is 7.20. The van der Waals surface area contributed by atoms with E-state index >= 15 is 0 Å². The maximum absolute atomic E-state index is 12.9. The highest BCUT2D eigenvalue weighted by Gasteiger charge is 2.05. The van der Waals surface area contributed by atoms with Crippen molar-refractivity contribution in [2.75, 3.05) is 0 Å². The highest BCUT2D eigenvalue weighted by Crippen LogP contribution is 2.30. The molecule has 1 aromatic carbocycles. The van der Waals surface area contributed by atoms with Gasteiger partial charge in [0, 0.05) is 16.3 Å². The summed E-state index contributed by atoms with van der Waals surface area (Å²) in [7, 11) is 0. The molecule has 0 saturated carbocycles. The largest absolute Gasteiger partial charge is 0.326 e. The van der Waals surface area contributed by atoms with Crippen LogP contribution in [-0.4, -0.2) is 0 Å². The number of hydrogen-bond acceptors (Lipinski definition) is 2. The van der Waals surface area contributed by atoms with Crippen LogP contribution in [0.5, 0.6) is 0 Å². The molecule has 0 fully saturated rings. The molecule has 0 spiro atoms. The normalized spacial score (nSPS) is 10.6. The van der Waals surface area contributed by atoms with Crippen LogP contribution in [0.3, 0.4) is 0 Å². The van der Waals surface area contributed by atoms with Gasteiger partial charge in [0.15, 0.2) is 0 Å². The number of aryl methyl sites for hydroxylation is 1. The van der Waals surface area contributed by atoms with Crippen molar-refractivity contribution in [2.24, 2.45) is 5.73 Å². The van der Waals surface area contributed by atoms with Gasteiger partial charge in [0.2, 0.25) is 0 Å². The molecule has 3 heteroatoms. The minimum Gasteiger partial charge on any atom is -0.326 e. The van der Waals surface area contributed by atoms with E-state index in [1.807, 2.05) is 25.1 Å². The first-order valence-corrected chi connectivity index (χ1v) is 5.57. The Balaban J connectivity index is 2.44. The topological polar surface area (TPSA) is 26.0 Å². The molecule has 2 N–H and O–H groups in total. The Labute approximate surface area is 92.4 Å². The average Bonchev–Trinajstić information content (AvgIpc) is 2.66. The van der Waals surface area contributed by atoms with E-state index in [0.717, 1.165) is 20.9 Å². The van der Waals surface area contributed by atoms with E-state index in [1.54, 1.807) is 17.4 Å². The molecule has 0 atom stereocenters. The first kappa shape index (κ1) is 10.3. The highest BCUT2D eigenvalue weighted by atomic mass is 32.1. The zero-order chi connectivity index (χ0) is 10.8. The zero-order valence-electron chi connectivity index (χ0n) is 8.46. The Morgan fingerprint density at radius 1 is 1.27 bits per heavy atom. The van der Waals surface area contributed by atoms with Crippen molar-refractivity contribution in [1.82, 2.24) is 0 Å². The van der Waals surface area contributed by atoms with Crippen LogP contribution in [0.4, 0.5) is 4.39 Å². The number of benzene rings is 1. The van der Waals surface area contributed by atoms with Gasteiger partial charge in [0.05, 0.1) is 0 Å². The van der Waals surface area contributed by atoms with Crippen LogP contribution in [0, 0.1) is 12.7 Å². The van der Waals surface area contributed by atoms with E-state index < -0.39 is 0 Å². The Kier molecular flexibility index (Phi) is 2.84. The van der Waals surface area contributed by atoms with E-state index in [2.05, 4.69) is 0 Å². The number of halogens is 1. The van der Waals surface area contributed by atoms with Gasteiger partial charge in [-0.1, -0.05) is 6.07 Å². The smallest absolute Gasteiger partial charge is 0.123 e. The van der Waals surface area contributed by atoms with Gasteiger partial charge in [-0.25, -0.2) is 4.39 Å². The predicted molar refractivity (Wildman–Crippen MR) is 62.3 cm³/mol. The average molecular weight is 221 g/mol. The molecule has 2 rings (SSSR count). The molecular formula is C12H12FNS. The fourth-order valence-electron chi connectivity index (χ4n) is 1.54. The molecule has 1 nitrogen and oxygen atoms in total. The van der Waals surface area contributed by atoms with Crippen LogP contribution in [-0.2, 0) is 6.54 Å². The molecule has 1 heterocycles. The molecule has 1 aromatic heterocycles. The summed E-state index contributed by atoms with van der Waals surface area (Å²) in [4.78, 5) is 2.29. The second kappa shape index (κ2) is 4.13. The number of hydrogen-bond donors (Lipinski definition) is 1. The SMILES string of the molecule is Cc1cc(F)ccc1-c1ccc(CN)s1. The van der Waals surface area contributed by atoms with E-state index in [0.29, 0.717) is 6.54 Å². The molecule has 0 aliphatic rings. The lowest BCUT2D eigenvalue weighted by atomic mass is 10.1. The second-order valence-corrected chi connectivity index (χ2v) is 4.60.